The summed E-state index contributed by atoms with van der Waals surface area (Å²) < 4.78 is 5.80. The average Bonchev–Trinajstić information content (AvgIpc) is 2.81. The van der Waals surface area contributed by atoms with Gasteiger partial charge in [-0.3, -0.25) is 9.89 Å². The van der Waals surface area contributed by atoms with E-state index >= 15 is 0 Å². The number of furan rings is 1. The fraction of sp³-hybridized carbons (Fsp3) is 0.429. The van der Waals surface area contributed by atoms with Crippen LogP contribution in [0.2, 0.25) is 0 Å². The van der Waals surface area contributed by atoms with Crippen LogP contribution in [-0.4, -0.2) is 28.1 Å². The molecule has 0 spiro atoms. The lowest BCUT2D eigenvalue weighted by Crippen LogP contribution is -2.27. The summed E-state index contributed by atoms with van der Waals surface area (Å²) >= 11 is 0. The zero-order valence-corrected chi connectivity index (χ0v) is 11.6. The smallest absolute Gasteiger partial charge is 0.274 e. The molecule has 3 N–H and O–H groups in total. The van der Waals surface area contributed by atoms with E-state index < -0.39 is 0 Å². The number of hydrogen-bond donors (Lipinski definition) is 2. The second-order valence-electron chi connectivity index (χ2n) is 5.49. The summed E-state index contributed by atoms with van der Waals surface area (Å²) in [6.45, 7) is 2.63. The van der Waals surface area contributed by atoms with Crippen LogP contribution in [-0.2, 0) is 6.54 Å². The fourth-order valence-electron chi connectivity index (χ4n) is 2.36. The van der Waals surface area contributed by atoms with Crippen molar-refractivity contribution in [2.45, 2.75) is 25.8 Å². The van der Waals surface area contributed by atoms with Crippen LogP contribution in [0.3, 0.4) is 0 Å². The maximum atomic E-state index is 12.2. The summed E-state index contributed by atoms with van der Waals surface area (Å²) in [4.78, 5) is 13.7. The summed E-state index contributed by atoms with van der Waals surface area (Å²) in [7, 11) is 1.71. The van der Waals surface area contributed by atoms with Gasteiger partial charge in [-0.05, 0) is 24.5 Å². The van der Waals surface area contributed by atoms with Gasteiger partial charge in [0.1, 0.15) is 17.2 Å². The van der Waals surface area contributed by atoms with Gasteiger partial charge in [0.2, 0.25) is 0 Å². The molecule has 1 saturated carbocycles. The highest BCUT2D eigenvalue weighted by atomic mass is 16.3. The number of anilines is 1. The highest BCUT2D eigenvalue weighted by molar-refractivity contribution is 5.96. The molecule has 1 fully saturated rings. The van der Waals surface area contributed by atoms with E-state index in [0.717, 1.165) is 11.5 Å². The van der Waals surface area contributed by atoms with Crippen molar-refractivity contribution in [1.29, 1.82) is 0 Å². The van der Waals surface area contributed by atoms with Crippen LogP contribution in [0, 0.1) is 5.92 Å². The van der Waals surface area contributed by atoms with E-state index in [1.807, 2.05) is 12.1 Å². The van der Waals surface area contributed by atoms with E-state index in [2.05, 4.69) is 17.1 Å². The first kappa shape index (κ1) is 12.8. The second kappa shape index (κ2) is 4.70. The fourth-order valence-corrected chi connectivity index (χ4v) is 2.36. The Labute approximate surface area is 116 Å². The molecular formula is C14H18N4O2. The van der Waals surface area contributed by atoms with Crippen molar-refractivity contribution in [2.75, 3.05) is 12.8 Å². The molecule has 0 aliphatic heterocycles. The minimum atomic E-state index is -0.197. The van der Waals surface area contributed by atoms with E-state index in [4.69, 9.17) is 10.2 Å². The van der Waals surface area contributed by atoms with Crippen LogP contribution in [0.25, 0.3) is 0 Å². The number of carbonyl (C=O) groups is 1. The lowest BCUT2D eigenvalue weighted by molar-refractivity contribution is 0.0770. The standard InChI is InChI=1S/C14H18N4O2/c1-8-5-10(8)12-4-3-9(20-12)7-18(2)14(19)13-11(15)6-16-17-13/h3-4,6,8,10H,5,7,15H2,1-2H3,(H,16,17). The summed E-state index contributed by atoms with van der Waals surface area (Å²) in [5, 5.41) is 6.37. The summed E-state index contributed by atoms with van der Waals surface area (Å²) in [6.07, 6.45) is 2.62. The highest BCUT2D eigenvalue weighted by Gasteiger charge is 2.36. The van der Waals surface area contributed by atoms with Gasteiger partial charge in [-0.15, -0.1) is 0 Å². The number of nitrogens with one attached hydrogen (secondary N) is 1. The molecule has 1 amide bonds. The molecule has 106 valence electrons. The van der Waals surface area contributed by atoms with Gasteiger partial charge >= 0.3 is 0 Å². The molecule has 0 radical (unpaired) electrons. The molecule has 2 aromatic rings. The normalized spacial score (nSPS) is 20.9. The number of amides is 1. The molecule has 3 rings (SSSR count). The van der Waals surface area contributed by atoms with Crippen molar-refractivity contribution in [3.63, 3.8) is 0 Å². The minimum absolute atomic E-state index is 0.197. The zero-order chi connectivity index (χ0) is 14.3. The van der Waals surface area contributed by atoms with E-state index in [0.29, 0.717) is 29.8 Å². The average molecular weight is 274 g/mol. The maximum absolute atomic E-state index is 12.2. The summed E-state index contributed by atoms with van der Waals surface area (Å²) in [5.41, 5.74) is 6.35. The molecule has 0 aromatic carbocycles. The van der Waals surface area contributed by atoms with Gasteiger partial charge in [-0.2, -0.15) is 5.10 Å². The molecule has 1 aliphatic rings. The minimum Gasteiger partial charge on any atom is -0.464 e. The molecule has 0 bridgehead atoms. The van der Waals surface area contributed by atoms with Crippen LogP contribution in [0.1, 0.15) is 41.3 Å². The lowest BCUT2D eigenvalue weighted by Gasteiger charge is -2.14. The van der Waals surface area contributed by atoms with Crippen molar-refractivity contribution in [1.82, 2.24) is 15.1 Å². The van der Waals surface area contributed by atoms with Crippen LogP contribution in [0.4, 0.5) is 5.69 Å². The Morgan fingerprint density at radius 2 is 2.35 bits per heavy atom. The molecule has 6 nitrogen and oxygen atoms in total. The van der Waals surface area contributed by atoms with Crippen molar-refractivity contribution in [2.24, 2.45) is 5.92 Å². The first-order chi connectivity index (χ1) is 9.56. The molecule has 2 unspecified atom stereocenters. The van der Waals surface area contributed by atoms with Gasteiger partial charge in [0.15, 0.2) is 0 Å². The number of hydrogen-bond acceptors (Lipinski definition) is 4. The van der Waals surface area contributed by atoms with E-state index in [-0.39, 0.29) is 5.91 Å². The summed E-state index contributed by atoms with van der Waals surface area (Å²) in [5.74, 6) is 2.87. The van der Waals surface area contributed by atoms with Gasteiger partial charge in [0.25, 0.3) is 5.91 Å². The molecule has 1 aliphatic carbocycles. The Balaban J connectivity index is 1.66. The Morgan fingerprint density at radius 3 is 2.95 bits per heavy atom. The monoisotopic (exact) mass is 274 g/mol. The molecule has 2 atom stereocenters. The van der Waals surface area contributed by atoms with Crippen LogP contribution >= 0.6 is 0 Å². The molecular weight excluding hydrogens is 256 g/mol. The number of nitrogen functional groups attached to an aromatic ring is 1. The third kappa shape index (κ3) is 2.29. The summed E-state index contributed by atoms with van der Waals surface area (Å²) in [6, 6.07) is 3.94. The van der Waals surface area contributed by atoms with Crippen molar-refractivity contribution in [3.05, 3.63) is 35.5 Å². The predicted molar refractivity (Wildman–Crippen MR) is 74.0 cm³/mol. The third-order valence-corrected chi connectivity index (χ3v) is 3.78. The van der Waals surface area contributed by atoms with E-state index in [9.17, 15) is 4.79 Å². The van der Waals surface area contributed by atoms with Gasteiger partial charge in [-0.1, -0.05) is 6.92 Å². The van der Waals surface area contributed by atoms with Crippen molar-refractivity contribution >= 4 is 11.6 Å². The molecule has 2 aromatic heterocycles. The topological polar surface area (TPSA) is 88.2 Å². The van der Waals surface area contributed by atoms with Gasteiger partial charge in [0, 0.05) is 13.0 Å². The predicted octanol–water partition coefficient (Wildman–Crippen LogP) is 1.98. The SMILES string of the molecule is CC1CC1c1ccc(CN(C)C(=O)c2[nH]ncc2N)o1. The molecule has 6 heteroatoms. The molecule has 0 saturated heterocycles. The van der Waals surface area contributed by atoms with E-state index in [1.54, 1.807) is 11.9 Å². The number of carbonyl (C=O) groups excluding carboxylic acids is 1. The number of aromatic nitrogens is 2. The Morgan fingerprint density at radius 1 is 1.60 bits per heavy atom. The Hall–Kier alpha value is -2.24. The second-order valence-corrected chi connectivity index (χ2v) is 5.49. The largest absolute Gasteiger partial charge is 0.464 e. The highest BCUT2D eigenvalue weighted by Crippen LogP contribution is 2.47. The van der Waals surface area contributed by atoms with Gasteiger partial charge < -0.3 is 15.1 Å². The quantitative estimate of drug-likeness (QED) is 0.892. The van der Waals surface area contributed by atoms with Crippen molar-refractivity contribution in [3.8, 4) is 0 Å². The Bertz CT molecular complexity index is 631. The van der Waals surface area contributed by atoms with E-state index in [1.165, 1.54) is 12.6 Å². The maximum Gasteiger partial charge on any atom is 0.274 e. The number of nitrogens with zero attached hydrogens (tertiary/aromatic N) is 2. The molecule has 20 heavy (non-hydrogen) atoms. The van der Waals surface area contributed by atoms with Gasteiger partial charge in [-0.25, -0.2) is 0 Å². The van der Waals surface area contributed by atoms with Gasteiger partial charge in [0.05, 0.1) is 18.4 Å². The number of aromatic amines is 1. The number of nitrogens with two attached hydrogens (primary N) is 1. The zero-order valence-electron chi connectivity index (χ0n) is 11.6. The van der Waals surface area contributed by atoms with Crippen LogP contribution in [0.5, 0.6) is 0 Å². The van der Waals surface area contributed by atoms with Crippen molar-refractivity contribution < 1.29 is 9.21 Å². The molecule has 2 heterocycles. The van der Waals surface area contributed by atoms with Crippen LogP contribution < -0.4 is 5.73 Å². The number of rotatable bonds is 4. The third-order valence-electron chi connectivity index (χ3n) is 3.78. The Kier molecular flexibility index (Phi) is 3.00. The first-order valence-corrected chi connectivity index (χ1v) is 6.69. The van der Waals surface area contributed by atoms with Crippen LogP contribution in [0.15, 0.2) is 22.7 Å². The first-order valence-electron chi connectivity index (χ1n) is 6.69. The number of H-pyrrole nitrogens is 1. The lowest BCUT2D eigenvalue weighted by atomic mass is 10.3.